The maximum absolute atomic E-state index is 12.8. The molecule has 2 fully saturated rings. The van der Waals surface area contributed by atoms with E-state index in [4.69, 9.17) is 16.3 Å². The minimum atomic E-state index is -0.980. The van der Waals surface area contributed by atoms with Crippen molar-refractivity contribution >= 4 is 67.7 Å². The molecular weight excluding hydrogens is 572 g/mol. The van der Waals surface area contributed by atoms with Crippen LogP contribution in [0.15, 0.2) is 24.5 Å². The van der Waals surface area contributed by atoms with Gasteiger partial charge in [-0.15, -0.1) is 11.3 Å². The standard InChI is InChI=1S/C26H23ClN8O5S/c1-12-5-28-20-18-15(41-21(20)22(37)31-12)3-2-14-19(18)29-7-16(32-14)40-23-13(6-30-24(27)33-23)8-34-9-26(4-17(34)36)10-35(11-26)25(38)39/h2-3,6-7,12,28H,4-5,8-11H2,1H3,(H,31,37)(H,38,39)/t12-/m1/s1. The van der Waals surface area contributed by atoms with Crippen LogP contribution in [0.3, 0.4) is 0 Å². The first-order valence-corrected chi connectivity index (χ1v) is 14.1. The van der Waals surface area contributed by atoms with E-state index in [1.807, 2.05) is 19.1 Å². The number of nitrogens with one attached hydrogen (secondary N) is 2. The molecule has 0 aliphatic carbocycles. The minimum Gasteiger partial charge on any atom is -0.465 e. The maximum atomic E-state index is 12.8. The Morgan fingerprint density at radius 3 is 2.85 bits per heavy atom. The number of carbonyl (C=O) groups excluding carboxylic acids is 2. The zero-order chi connectivity index (χ0) is 28.5. The Hall–Kier alpha value is -4.30. The Balaban J connectivity index is 1.16. The summed E-state index contributed by atoms with van der Waals surface area (Å²) in [6.07, 6.45) is 2.29. The van der Waals surface area contributed by atoms with Crippen molar-refractivity contribution in [3.8, 4) is 11.8 Å². The molecular formula is C26H23ClN8O5S. The Kier molecular flexibility index (Phi) is 5.87. The van der Waals surface area contributed by atoms with Gasteiger partial charge in [0.05, 0.1) is 35.0 Å². The highest BCUT2D eigenvalue weighted by molar-refractivity contribution is 7.21. The van der Waals surface area contributed by atoms with Gasteiger partial charge in [-0.3, -0.25) is 9.59 Å². The van der Waals surface area contributed by atoms with Crippen molar-refractivity contribution in [2.24, 2.45) is 5.41 Å². The van der Waals surface area contributed by atoms with Gasteiger partial charge in [-0.05, 0) is 30.7 Å². The number of carboxylic acid groups (broad SMARTS) is 1. The Labute approximate surface area is 241 Å². The molecule has 1 spiro atoms. The molecule has 41 heavy (non-hydrogen) atoms. The lowest BCUT2D eigenvalue weighted by Crippen LogP contribution is -2.59. The molecule has 6 heterocycles. The van der Waals surface area contributed by atoms with E-state index in [0.29, 0.717) is 47.7 Å². The van der Waals surface area contributed by atoms with Gasteiger partial charge in [0.1, 0.15) is 4.88 Å². The molecule has 0 radical (unpaired) electrons. The van der Waals surface area contributed by atoms with Crippen molar-refractivity contribution in [1.29, 1.82) is 0 Å². The monoisotopic (exact) mass is 594 g/mol. The number of rotatable bonds is 4. The first-order chi connectivity index (χ1) is 19.7. The predicted octanol–water partition coefficient (Wildman–Crippen LogP) is 3.34. The van der Waals surface area contributed by atoms with Crippen molar-refractivity contribution in [3.05, 3.63) is 40.3 Å². The molecule has 3 amide bonds. The third-order valence-corrected chi connectivity index (χ3v) is 8.93. The van der Waals surface area contributed by atoms with Crippen LogP contribution in [0.4, 0.5) is 10.5 Å². The molecule has 0 bridgehead atoms. The van der Waals surface area contributed by atoms with Gasteiger partial charge in [-0.1, -0.05) is 0 Å². The highest BCUT2D eigenvalue weighted by Gasteiger charge is 2.52. The zero-order valence-corrected chi connectivity index (χ0v) is 23.3. The van der Waals surface area contributed by atoms with Crippen LogP contribution in [0.25, 0.3) is 21.1 Å². The van der Waals surface area contributed by atoms with E-state index >= 15 is 0 Å². The number of benzene rings is 1. The number of aromatic nitrogens is 4. The summed E-state index contributed by atoms with van der Waals surface area (Å²) in [6, 6.07) is 3.71. The second kappa shape index (κ2) is 9.38. The van der Waals surface area contributed by atoms with Crippen molar-refractivity contribution in [2.45, 2.75) is 25.9 Å². The molecule has 3 N–H and O–H groups in total. The van der Waals surface area contributed by atoms with E-state index in [0.717, 1.165) is 15.8 Å². The summed E-state index contributed by atoms with van der Waals surface area (Å²) in [6.45, 7) is 3.80. The third kappa shape index (κ3) is 4.43. The summed E-state index contributed by atoms with van der Waals surface area (Å²) < 4.78 is 6.95. The first kappa shape index (κ1) is 25.7. The lowest BCUT2D eigenvalue weighted by molar-refractivity contribution is -0.128. The van der Waals surface area contributed by atoms with Gasteiger partial charge in [-0.2, -0.15) is 4.98 Å². The quantitative estimate of drug-likeness (QED) is 0.299. The molecule has 3 aliphatic rings. The van der Waals surface area contributed by atoms with Gasteiger partial charge in [-0.25, -0.2) is 19.7 Å². The second-order valence-electron chi connectivity index (χ2n) is 10.7. The summed E-state index contributed by atoms with van der Waals surface area (Å²) in [4.78, 5) is 57.9. The molecule has 7 rings (SSSR count). The summed E-state index contributed by atoms with van der Waals surface area (Å²) in [5.74, 6) is 0.128. The average Bonchev–Trinajstić information content (AvgIpc) is 3.41. The van der Waals surface area contributed by atoms with Gasteiger partial charge in [0.15, 0.2) is 0 Å². The number of halogens is 1. The summed E-state index contributed by atoms with van der Waals surface area (Å²) in [5.41, 5.74) is 2.11. The second-order valence-corrected chi connectivity index (χ2v) is 12.1. The van der Waals surface area contributed by atoms with Crippen LogP contribution < -0.4 is 15.4 Å². The van der Waals surface area contributed by atoms with E-state index in [9.17, 15) is 19.5 Å². The van der Waals surface area contributed by atoms with E-state index in [2.05, 4.69) is 30.6 Å². The SMILES string of the molecule is C[C@@H]1CNc2c(sc3ccc4nc(Oc5nc(Cl)ncc5CN5CC6(CC5=O)CN(C(=O)O)C6)cnc4c23)C(=O)N1. The molecule has 0 unspecified atom stereocenters. The first-order valence-electron chi connectivity index (χ1n) is 12.9. The molecule has 4 aromatic rings. The number of hydrogen-bond acceptors (Lipinski definition) is 10. The van der Waals surface area contributed by atoms with Crippen LogP contribution >= 0.6 is 22.9 Å². The van der Waals surface area contributed by atoms with Gasteiger partial charge in [0.25, 0.3) is 5.91 Å². The zero-order valence-electron chi connectivity index (χ0n) is 21.7. The number of carbonyl (C=O) groups is 3. The highest BCUT2D eigenvalue weighted by atomic mass is 35.5. The number of thiophene rings is 1. The van der Waals surface area contributed by atoms with Crippen molar-refractivity contribution in [2.75, 3.05) is 31.5 Å². The summed E-state index contributed by atoms with van der Waals surface area (Å²) in [5, 5.41) is 16.3. The van der Waals surface area contributed by atoms with E-state index in [1.54, 1.807) is 4.90 Å². The van der Waals surface area contributed by atoms with Crippen LogP contribution in [-0.2, 0) is 11.3 Å². The lowest BCUT2D eigenvalue weighted by atomic mass is 9.79. The maximum Gasteiger partial charge on any atom is 0.407 e. The Bertz CT molecular complexity index is 1770. The molecule has 2 saturated heterocycles. The van der Waals surface area contributed by atoms with Crippen molar-refractivity contribution < 1.29 is 24.2 Å². The predicted molar refractivity (Wildman–Crippen MR) is 150 cm³/mol. The lowest BCUT2D eigenvalue weighted by Gasteiger charge is -2.45. The summed E-state index contributed by atoms with van der Waals surface area (Å²) in [7, 11) is 0. The number of fused-ring (bicyclic) bond motifs is 5. The van der Waals surface area contributed by atoms with Crippen molar-refractivity contribution in [1.82, 2.24) is 35.1 Å². The molecule has 1 atom stereocenters. The topological polar surface area (TPSA) is 163 Å². The molecule has 13 nitrogen and oxygen atoms in total. The van der Waals surface area contributed by atoms with Crippen molar-refractivity contribution in [3.63, 3.8) is 0 Å². The number of nitrogens with zero attached hydrogens (tertiary/aromatic N) is 6. The summed E-state index contributed by atoms with van der Waals surface area (Å²) >= 11 is 7.48. The Morgan fingerprint density at radius 2 is 2.05 bits per heavy atom. The molecule has 15 heteroatoms. The van der Waals surface area contributed by atoms with E-state index < -0.39 is 6.09 Å². The number of ether oxygens (including phenoxy) is 1. The fraction of sp³-hybridized carbons (Fsp3) is 0.346. The minimum absolute atomic E-state index is 0.0124. The number of hydrogen-bond donors (Lipinski definition) is 3. The van der Waals surface area contributed by atoms with Gasteiger partial charge in [0.2, 0.25) is 23.0 Å². The molecule has 3 aliphatic heterocycles. The molecule has 3 aromatic heterocycles. The van der Waals surface area contributed by atoms with Crippen LogP contribution in [0.2, 0.25) is 5.28 Å². The van der Waals surface area contributed by atoms with Crippen LogP contribution in [0.1, 0.15) is 28.6 Å². The number of amides is 3. The van der Waals surface area contributed by atoms with Crippen LogP contribution in [0.5, 0.6) is 11.8 Å². The number of likely N-dealkylation sites (tertiary alicyclic amines) is 2. The van der Waals surface area contributed by atoms with Gasteiger partial charge < -0.3 is 30.3 Å². The smallest absolute Gasteiger partial charge is 0.407 e. The highest BCUT2D eigenvalue weighted by Crippen LogP contribution is 2.42. The molecule has 210 valence electrons. The normalized spacial score (nSPS) is 19.6. The fourth-order valence-corrected chi connectivity index (χ4v) is 6.94. The molecule has 1 aromatic carbocycles. The van der Waals surface area contributed by atoms with Crippen LogP contribution in [-0.4, -0.2) is 85.0 Å². The van der Waals surface area contributed by atoms with E-state index in [-0.39, 0.29) is 53.3 Å². The average molecular weight is 595 g/mol. The third-order valence-electron chi connectivity index (χ3n) is 7.60. The number of anilines is 1. The largest absolute Gasteiger partial charge is 0.465 e. The fourth-order valence-electron chi connectivity index (χ4n) is 5.73. The van der Waals surface area contributed by atoms with Gasteiger partial charge >= 0.3 is 6.09 Å². The van der Waals surface area contributed by atoms with E-state index in [1.165, 1.54) is 28.6 Å². The molecule has 0 saturated carbocycles. The Morgan fingerprint density at radius 1 is 1.22 bits per heavy atom. The van der Waals surface area contributed by atoms with Gasteiger partial charge in [0, 0.05) is 60.3 Å². The van der Waals surface area contributed by atoms with Crippen LogP contribution in [0, 0.1) is 5.41 Å².